The molecule has 0 radical (unpaired) electrons. The van der Waals surface area contributed by atoms with Crippen molar-refractivity contribution in [3.05, 3.63) is 66.5 Å². The van der Waals surface area contributed by atoms with Gasteiger partial charge in [-0.25, -0.2) is 0 Å². The predicted octanol–water partition coefficient (Wildman–Crippen LogP) is 4.27. The summed E-state index contributed by atoms with van der Waals surface area (Å²) in [6, 6.07) is 16.3. The number of fused-ring (bicyclic) bond motifs is 2. The Balaban J connectivity index is 1.34. The summed E-state index contributed by atoms with van der Waals surface area (Å²) in [6.07, 6.45) is 5.84. The topological polar surface area (TPSA) is 59.0 Å². The van der Waals surface area contributed by atoms with Crippen molar-refractivity contribution < 1.29 is 9.53 Å². The molecule has 0 spiro atoms. The summed E-state index contributed by atoms with van der Waals surface area (Å²) in [5.74, 6) is 0.848. The van der Waals surface area contributed by atoms with E-state index in [0.717, 1.165) is 35.0 Å². The lowest BCUT2D eigenvalue weighted by molar-refractivity contribution is -0.122. The van der Waals surface area contributed by atoms with Gasteiger partial charge in [0.15, 0.2) is 0 Å². The zero-order chi connectivity index (χ0) is 19.5. The molecule has 0 aliphatic carbocycles. The third kappa shape index (κ3) is 3.74. The van der Waals surface area contributed by atoms with Gasteiger partial charge in [0.25, 0.3) is 0 Å². The minimum Gasteiger partial charge on any atom is -0.497 e. The van der Waals surface area contributed by atoms with E-state index in [2.05, 4.69) is 41.6 Å². The molecule has 2 heterocycles. The number of carbonyl (C=O) groups excluding carboxylic acids is 1. The van der Waals surface area contributed by atoms with E-state index in [1.54, 1.807) is 7.11 Å². The Morgan fingerprint density at radius 2 is 2.07 bits per heavy atom. The smallest absolute Gasteiger partial charge is 0.240 e. The van der Waals surface area contributed by atoms with E-state index in [9.17, 15) is 4.79 Å². The molecule has 2 aromatic carbocycles. The molecule has 0 aliphatic rings. The van der Waals surface area contributed by atoms with Gasteiger partial charge in [0.05, 0.1) is 7.11 Å². The van der Waals surface area contributed by atoms with E-state index in [4.69, 9.17) is 4.74 Å². The summed E-state index contributed by atoms with van der Waals surface area (Å²) in [7, 11) is 1.66. The molecule has 144 valence electrons. The average molecular weight is 375 g/mol. The maximum Gasteiger partial charge on any atom is 0.240 e. The number of aromatic nitrogens is 2. The lowest BCUT2D eigenvalue weighted by Gasteiger charge is -2.14. The van der Waals surface area contributed by atoms with Crippen molar-refractivity contribution in [3.8, 4) is 5.75 Å². The highest BCUT2D eigenvalue weighted by Crippen LogP contribution is 2.22. The number of aryl methyl sites for hydroxylation is 1. The van der Waals surface area contributed by atoms with E-state index in [1.807, 2.05) is 41.1 Å². The number of hydrogen-bond acceptors (Lipinski definition) is 2. The van der Waals surface area contributed by atoms with Crippen LogP contribution < -0.4 is 10.1 Å². The van der Waals surface area contributed by atoms with Crippen LogP contribution >= 0.6 is 0 Å². The Kier molecular flexibility index (Phi) is 5.06. The number of rotatable bonds is 7. The second-order valence-electron chi connectivity index (χ2n) is 7.24. The molecule has 0 unspecified atom stereocenters. The maximum atomic E-state index is 12.5. The van der Waals surface area contributed by atoms with Gasteiger partial charge in [0.1, 0.15) is 12.3 Å². The van der Waals surface area contributed by atoms with Crippen molar-refractivity contribution in [3.63, 3.8) is 0 Å². The third-order valence-electron chi connectivity index (χ3n) is 5.22. The van der Waals surface area contributed by atoms with Gasteiger partial charge >= 0.3 is 0 Å². The molecule has 2 aromatic heterocycles. The van der Waals surface area contributed by atoms with Crippen molar-refractivity contribution >= 4 is 27.7 Å². The second-order valence-corrected chi connectivity index (χ2v) is 7.24. The zero-order valence-electron chi connectivity index (χ0n) is 16.2. The Morgan fingerprint density at radius 1 is 1.21 bits per heavy atom. The van der Waals surface area contributed by atoms with Crippen molar-refractivity contribution in [1.82, 2.24) is 14.9 Å². The minimum absolute atomic E-state index is 0.0275. The highest BCUT2D eigenvalue weighted by Gasteiger charge is 2.11. The fraction of sp³-hybridized carbons (Fsp3) is 0.261. The molecule has 0 fully saturated rings. The number of benzene rings is 2. The lowest BCUT2D eigenvalue weighted by Crippen LogP contribution is -2.35. The Morgan fingerprint density at radius 3 is 2.93 bits per heavy atom. The van der Waals surface area contributed by atoms with E-state index in [-0.39, 0.29) is 11.9 Å². The first-order valence-corrected chi connectivity index (χ1v) is 9.61. The molecule has 5 heteroatoms. The zero-order valence-corrected chi connectivity index (χ0v) is 16.2. The first-order chi connectivity index (χ1) is 13.6. The van der Waals surface area contributed by atoms with Crippen LogP contribution in [-0.4, -0.2) is 28.6 Å². The van der Waals surface area contributed by atoms with Crippen LogP contribution in [0.4, 0.5) is 0 Å². The number of para-hydroxylation sites is 1. The minimum atomic E-state index is 0.0275. The lowest BCUT2D eigenvalue weighted by atomic mass is 10.1. The van der Waals surface area contributed by atoms with Gasteiger partial charge in [-0.15, -0.1) is 0 Å². The van der Waals surface area contributed by atoms with E-state index < -0.39 is 0 Å². The second kappa shape index (κ2) is 7.80. The molecule has 4 rings (SSSR count). The number of hydrogen-bond donors (Lipinski definition) is 2. The molecular formula is C23H25N3O2. The van der Waals surface area contributed by atoms with Crippen molar-refractivity contribution in [2.75, 3.05) is 7.11 Å². The van der Waals surface area contributed by atoms with E-state index >= 15 is 0 Å². The normalized spacial score (nSPS) is 12.4. The first-order valence-electron chi connectivity index (χ1n) is 9.61. The van der Waals surface area contributed by atoms with Crippen LogP contribution in [0.15, 0.2) is 60.9 Å². The Labute approximate surface area is 164 Å². The summed E-state index contributed by atoms with van der Waals surface area (Å²) >= 11 is 0. The fourth-order valence-corrected chi connectivity index (χ4v) is 3.70. The monoisotopic (exact) mass is 375 g/mol. The Hall–Kier alpha value is -3.21. The first kappa shape index (κ1) is 18.2. The van der Waals surface area contributed by atoms with Crippen molar-refractivity contribution in [2.45, 2.75) is 32.4 Å². The van der Waals surface area contributed by atoms with Crippen molar-refractivity contribution in [1.29, 1.82) is 0 Å². The van der Waals surface area contributed by atoms with Gasteiger partial charge in [-0.1, -0.05) is 18.2 Å². The maximum absolute atomic E-state index is 12.5. The molecule has 4 aromatic rings. The summed E-state index contributed by atoms with van der Waals surface area (Å²) in [6.45, 7) is 2.37. The van der Waals surface area contributed by atoms with Crippen LogP contribution in [0.5, 0.6) is 5.75 Å². The molecule has 0 bridgehead atoms. The molecular weight excluding hydrogens is 350 g/mol. The molecule has 0 aliphatic heterocycles. The molecule has 0 saturated heterocycles. The number of ether oxygens (including phenoxy) is 1. The average Bonchev–Trinajstić information content (AvgIpc) is 3.30. The van der Waals surface area contributed by atoms with Crippen LogP contribution in [0.1, 0.15) is 18.9 Å². The summed E-state index contributed by atoms with van der Waals surface area (Å²) < 4.78 is 7.23. The molecule has 2 N–H and O–H groups in total. The number of H-pyrrole nitrogens is 1. The van der Waals surface area contributed by atoms with Crippen LogP contribution in [0.2, 0.25) is 0 Å². The highest BCUT2D eigenvalue weighted by atomic mass is 16.5. The number of nitrogens with zero attached hydrogens (tertiary/aromatic N) is 1. The molecule has 28 heavy (non-hydrogen) atoms. The Bertz CT molecular complexity index is 1110. The number of amides is 1. The van der Waals surface area contributed by atoms with Crippen LogP contribution in [0.3, 0.4) is 0 Å². The van der Waals surface area contributed by atoms with Crippen LogP contribution in [-0.2, 0) is 17.8 Å². The fourth-order valence-electron chi connectivity index (χ4n) is 3.70. The summed E-state index contributed by atoms with van der Waals surface area (Å²) in [5, 5.41) is 5.45. The largest absolute Gasteiger partial charge is 0.497 e. The van der Waals surface area contributed by atoms with Crippen molar-refractivity contribution in [2.24, 2.45) is 0 Å². The van der Waals surface area contributed by atoms with Gasteiger partial charge in [-0.05, 0) is 55.7 Å². The van der Waals surface area contributed by atoms with Gasteiger partial charge in [0, 0.05) is 40.2 Å². The van der Waals surface area contributed by atoms with Gasteiger partial charge in [0.2, 0.25) is 5.91 Å². The van der Waals surface area contributed by atoms with Gasteiger partial charge < -0.3 is 19.6 Å². The number of methoxy groups -OCH3 is 1. The van der Waals surface area contributed by atoms with Gasteiger partial charge in [-0.2, -0.15) is 0 Å². The quantitative estimate of drug-likeness (QED) is 0.507. The summed E-state index contributed by atoms with van der Waals surface area (Å²) in [5.41, 5.74) is 3.48. The SMILES string of the molecule is COc1ccc2c(ccn2CC(=O)N[C@H](C)CCc2c[nH]c3ccccc23)c1. The standard InChI is InChI=1S/C23H25N3O2/c1-16(7-8-18-14-24-21-6-4-3-5-20(18)21)25-23(27)15-26-12-11-17-13-19(28-2)9-10-22(17)26/h3-6,9-14,16,24H,7-8,15H2,1-2H3,(H,25,27)/t16-/m1/s1. The van der Waals surface area contributed by atoms with Crippen LogP contribution in [0, 0.1) is 0 Å². The number of carbonyl (C=O) groups is 1. The molecule has 1 atom stereocenters. The summed E-state index contributed by atoms with van der Waals surface area (Å²) in [4.78, 5) is 15.8. The molecule has 1 amide bonds. The van der Waals surface area contributed by atoms with E-state index in [0.29, 0.717) is 6.54 Å². The highest BCUT2D eigenvalue weighted by molar-refractivity contribution is 5.85. The molecule has 0 saturated carbocycles. The number of nitrogens with one attached hydrogen (secondary N) is 2. The molecule has 5 nitrogen and oxygen atoms in total. The van der Waals surface area contributed by atoms with Crippen LogP contribution in [0.25, 0.3) is 21.8 Å². The van der Waals surface area contributed by atoms with E-state index in [1.165, 1.54) is 10.9 Å². The third-order valence-corrected chi connectivity index (χ3v) is 5.22. The number of aromatic amines is 1. The van der Waals surface area contributed by atoms with Gasteiger partial charge in [-0.3, -0.25) is 4.79 Å². The predicted molar refractivity (Wildman–Crippen MR) is 113 cm³/mol.